The van der Waals surface area contributed by atoms with Gasteiger partial charge < -0.3 is 5.11 Å². The van der Waals surface area contributed by atoms with Crippen LogP contribution in [0.1, 0.15) is 6.92 Å². The molecule has 15 heavy (non-hydrogen) atoms. The number of hydrogen-bond acceptors (Lipinski definition) is 3. The van der Waals surface area contributed by atoms with E-state index < -0.39 is 10.8 Å². The van der Waals surface area contributed by atoms with E-state index in [0.717, 1.165) is 4.90 Å². The number of carbonyl (C=O) groups is 1. The van der Waals surface area contributed by atoms with Gasteiger partial charge in [0.1, 0.15) is 11.4 Å². The van der Waals surface area contributed by atoms with E-state index in [9.17, 15) is 14.3 Å². The molecule has 2 nitrogen and oxygen atoms in total. The molecule has 0 radical (unpaired) electrons. The fourth-order valence-corrected chi connectivity index (χ4v) is 1.86. The molecule has 0 heterocycles. The Labute approximate surface area is 96.4 Å². The maximum absolute atomic E-state index is 12.6. The quantitative estimate of drug-likeness (QED) is 0.657. The number of halogens is 2. The lowest BCUT2D eigenvalue weighted by Crippen LogP contribution is -2.34. The summed E-state index contributed by atoms with van der Waals surface area (Å²) < 4.78 is 12.6. The lowest BCUT2D eigenvalue weighted by atomic mass is 10.2. The van der Waals surface area contributed by atoms with E-state index in [1.807, 2.05) is 0 Å². The Morgan fingerprint density at radius 1 is 1.53 bits per heavy atom. The lowest BCUT2D eigenvalue weighted by molar-refractivity contribution is -0.125. The van der Waals surface area contributed by atoms with E-state index in [2.05, 4.69) is 0 Å². The molecule has 0 aromatic heterocycles. The predicted octanol–water partition coefficient (Wildman–Crippen LogP) is 2.43. The molecule has 1 rings (SSSR count). The molecule has 0 aliphatic heterocycles. The summed E-state index contributed by atoms with van der Waals surface area (Å²) in [5, 5.41) is 8.74. The van der Waals surface area contributed by atoms with Crippen LogP contribution in [0.4, 0.5) is 4.39 Å². The molecule has 0 amide bonds. The molecule has 0 saturated carbocycles. The number of rotatable bonds is 4. The Hall–Kier alpha value is -0.580. The molecular formula is C10H10ClFO2S. The maximum Gasteiger partial charge on any atom is 0.253 e. The number of hydrogen-bond donors (Lipinski definition) is 1. The van der Waals surface area contributed by atoms with Crippen molar-refractivity contribution in [2.75, 3.05) is 5.75 Å². The van der Waals surface area contributed by atoms with Gasteiger partial charge in [0.15, 0.2) is 0 Å². The monoisotopic (exact) mass is 248 g/mol. The molecule has 82 valence electrons. The second kappa shape index (κ2) is 4.96. The summed E-state index contributed by atoms with van der Waals surface area (Å²) in [6, 6.07) is 5.79. The van der Waals surface area contributed by atoms with E-state index in [1.54, 1.807) is 12.1 Å². The van der Waals surface area contributed by atoms with Crippen LogP contribution in [0.15, 0.2) is 29.2 Å². The van der Waals surface area contributed by atoms with Gasteiger partial charge in [-0.3, -0.25) is 4.79 Å². The first-order valence-corrected chi connectivity index (χ1v) is 5.59. The minimum atomic E-state index is -1.55. The van der Waals surface area contributed by atoms with Crippen LogP contribution < -0.4 is 0 Å². The third kappa shape index (κ3) is 3.81. The van der Waals surface area contributed by atoms with Crippen LogP contribution in [-0.4, -0.2) is 21.7 Å². The predicted molar refractivity (Wildman–Crippen MR) is 58.6 cm³/mol. The van der Waals surface area contributed by atoms with Gasteiger partial charge in [-0.15, -0.1) is 11.8 Å². The molecule has 1 aromatic rings. The molecule has 1 aromatic carbocycles. The van der Waals surface area contributed by atoms with Gasteiger partial charge in [-0.1, -0.05) is 0 Å². The molecular weight excluding hydrogens is 239 g/mol. The van der Waals surface area contributed by atoms with Gasteiger partial charge in [-0.05, 0) is 42.8 Å². The van der Waals surface area contributed by atoms with Gasteiger partial charge in [0, 0.05) is 10.6 Å². The molecule has 0 aliphatic carbocycles. The van der Waals surface area contributed by atoms with Crippen LogP contribution in [0.5, 0.6) is 0 Å². The van der Waals surface area contributed by atoms with Crippen molar-refractivity contribution in [1.29, 1.82) is 0 Å². The average Bonchev–Trinajstić information content (AvgIpc) is 2.17. The number of aliphatic hydroxyl groups is 1. The SMILES string of the molecule is CC(O)(CSc1ccc(F)cc1)C(=O)Cl. The Balaban J connectivity index is 2.57. The Kier molecular flexibility index (Phi) is 4.13. The van der Waals surface area contributed by atoms with Crippen LogP contribution in [0.3, 0.4) is 0 Å². The van der Waals surface area contributed by atoms with Gasteiger partial charge in [0.05, 0.1) is 0 Å². The molecule has 5 heteroatoms. The molecule has 1 unspecified atom stereocenters. The third-order valence-electron chi connectivity index (χ3n) is 1.76. The summed E-state index contributed by atoms with van der Waals surface area (Å²) in [6.07, 6.45) is 0. The van der Waals surface area contributed by atoms with E-state index in [-0.39, 0.29) is 11.6 Å². The van der Waals surface area contributed by atoms with Crippen LogP contribution in [0.25, 0.3) is 0 Å². The highest BCUT2D eigenvalue weighted by Crippen LogP contribution is 2.24. The summed E-state index contributed by atoms with van der Waals surface area (Å²) in [5.74, 6) is -0.180. The maximum atomic E-state index is 12.6. The van der Waals surface area contributed by atoms with E-state index in [1.165, 1.54) is 30.8 Å². The van der Waals surface area contributed by atoms with Crippen LogP contribution in [-0.2, 0) is 4.79 Å². The van der Waals surface area contributed by atoms with Gasteiger partial charge >= 0.3 is 0 Å². The zero-order chi connectivity index (χ0) is 11.5. The topological polar surface area (TPSA) is 37.3 Å². The molecule has 1 N–H and O–H groups in total. The van der Waals surface area contributed by atoms with Crippen LogP contribution in [0.2, 0.25) is 0 Å². The molecule has 0 saturated heterocycles. The number of benzene rings is 1. The zero-order valence-electron chi connectivity index (χ0n) is 8.04. The Morgan fingerprint density at radius 2 is 2.07 bits per heavy atom. The average molecular weight is 249 g/mol. The van der Waals surface area contributed by atoms with Crippen molar-refractivity contribution in [1.82, 2.24) is 0 Å². The van der Waals surface area contributed by atoms with E-state index in [4.69, 9.17) is 11.6 Å². The third-order valence-corrected chi connectivity index (χ3v) is 3.48. The highest BCUT2D eigenvalue weighted by molar-refractivity contribution is 7.99. The first kappa shape index (κ1) is 12.5. The van der Waals surface area contributed by atoms with Gasteiger partial charge in [0.25, 0.3) is 5.24 Å². The Morgan fingerprint density at radius 3 is 2.53 bits per heavy atom. The summed E-state index contributed by atoms with van der Waals surface area (Å²) in [6.45, 7) is 1.35. The molecule has 0 aliphatic rings. The number of thioether (sulfide) groups is 1. The largest absolute Gasteiger partial charge is 0.380 e. The number of carbonyl (C=O) groups excluding carboxylic acids is 1. The normalized spacial score (nSPS) is 14.7. The molecule has 0 spiro atoms. The molecule has 1 atom stereocenters. The van der Waals surface area contributed by atoms with Crippen molar-refractivity contribution in [2.45, 2.75) is 17.4 Å². The standard InChI is InChI=1S/C10H10ClFO2S/c1-10(14,9(11)13)6-15-8-4-2-7(12)3-5-8/h2-5,14H,6H2,1H3. The van der Waals surface area contributed by atoms with Crippen molar-refractivity contribution in [2.24, 2.45) is 0 Å². The minimum Gasteiger partial charge on any atom is -0.380 e. The fraction of sp³-hybridized carbons (Fsp3) is 0.300. The minimum absolute atomic E-state index is 0.140. The summed E-state index contributed by atoms with van der Waals surface area (Å²) in [4.78, 5) is 11.6. The zero-order valence-corrected chi connectivity index (χ0v) is 9.61. The highest BCUT2D eigenvalue weighted by Gasteiger charge is 2.28. The second-order valence-corrected chi connectivity index (χ2v) is 4.68. The second-order valence-electron chi connectivity index (χ2n) is 3.29. The van der Waals surface area contributed by atoms with Crippen molar-refractivity contribution in [3.8, 4) is 0 Å². The summed E-state index contributed by atoms with van der Waals surface area (Å²) in [7, 11) is 0. The van der Waals surface area contributed by atoms with Crippen molar-refractivity contribution in [3.05, 3.63) is 30.1 Å². The first-order chi connectivity index (χ1) is 6.92. The van der Waals surface area contributed by atoms with E-state index >= 15 is 0 Å². The summed E-state index contributed by atoms with van der Waals surface area (Å²) >= 11 is 6.44. The lowest BCUT2D eigenvalue weighted by Gasteiger charge is -2.17. The molecule has 0 fully saturated rings. The van der Waals surface area contributed by atoms with Crippen LogP contribution >= 0.6 is 23.4 Å². The van der Waals surface area contributed by atoms with Crippen molar-refractivity contribution < 1.29 is 14.3 Å². The van der Waals surface area contributed by atoms with Crippen molar-refractivity contribution in [3.63, 3.8) is 0 Å². The summed E-state index contributed by atoms with van der Waals surface area (Å²) in [5.41, 5.74) is -1.55. The van der Waals surface area contributed by atoms with Gasteiger partial charge in [0.2, 0.25) is 0 Å². The Bertz CT molecular complexity index is 351. The van der Waals surface area contributed by atoms with Gasteiger partial charge in [-0.25, -0.2) is 4.39 Å². The highest BCUT2D eigenvalue weighted by atomic mass is 35.5. The van der Waals surface area contributed by atoms with Crippen molar-refractivity contribution >= 4 is 28.6 Å². The van der Waals surface area contributed by atoms with E-state index in [0.29, 0.717) is 0 Å². The fourth-order valence-electron chi connectivity index (χ4n) is 0.811. The first-order valence-electron chi connectivity index (χ1n) is 4.22. The van der Waals surface area contributed by atoms with Gasteiger partial charge in [-0.2, -0.15) is 0 Å². The molecule has 0 bridgehead atoms. The van der Waals surface area contributed by atoms with Crippen LogP contribution in [0, 0.1) is 5.82 Å². The smallest absolute Gasteiger partial charge is 0.253 e.